The number of rotatable bonds is 0. The highest BCUT2D eigenvalue weighted by atomic mass is 32.2. The molecule has 4 heteroatoms. The Hall–Kier alpha value is -1.00. The van der Waals surface area contributed by atoms with E-state index in [1.165, 1.54) is 29.6 Å². The van der Waals surface area contributed by atoms with Crippen molar-refractivity contribution >= 4 is 23.5 Å². The van der Waals surface area contributed by atoms with Crippen LogP contribution >= 0.6 is 23.5 Å². The highest BCUT2D eigenvalue weighted by Gasteiger charge is 2.21. The van der Waals surface area contributed by atoms with Gasteiger partial charge >= 0.3 is 0 Å². The molecule has 0 spiro atoms. The van der Waals surface area contributed by atoms with Gasteiger partial charge in [0.15, 0.2) is 11.6 Å². The van der Waals surface area contributed by atoms with Gasteiger partial charge in [-0.15, -0.1) is 0 Å². The van der Waals surface area contributed by atoms with Gasteiger partial charge in [0.1, 0.15) is 0 Å². The van der Waals surface area contributed by atoms with Gasteiger partial charge in [0.2, 0.25) is 0 Å². The van der Waals surface area contributed by atoms with E-state index in [0.29, 0.717) is 4.90 Å². The lowest BCUT2D eigenvalue weighted by Crippen LogP contribution is -1.95. The van der Waals surface area contributed by atoms with Crippen LogP contribution in [0.25, 0.3) is 0 Å². The molecule has 2 aromatic carbocycles. The smallest absolute Gasteiger partial charge is 0.173 e. The molecule has 0 aliphatic carbocycles. The minimum absolute atomic E-state index is 0.392. The third kappa shape index (κ3) is 1.53. The maximum atomic E-state index is 13.6. The second-order valence-corrected chi connectivity index (χ2v) is 5.48. The van der Waals surface area contributed by atoms with E-state index in [4.69, 9.17) is 0 Å². The maximum absolute atomic E-state index is 13.6. The van der Waals surface area contributed by atoms with Crippen molar-refractivity contribution in [3.63, 3.8) is 0 Å². The number of fused-ring (bicyclic) bond motifs is 2. The zero-order valence-corrected chi connectivity index (χ0v) is 9.67. The van der Waals surface area contributed by atoms with E-state index < -0.39 is 11.6 Å². The zero-order valence-electron chi connectivity index (χ0n) is 8.04. The average Bonchev–Trinajstić information content (AvgIpc) is 2.32. The third-order valence-electron chi connectivity index (χ3n) is 2.29. The second-order valence-electron chi connectivity index (χ2n) is 3.34. The minimum Gasteiger partial charge on any atom is -0.204 e. The van der Waals surface area contributed by atoms with E-state index >= 15 is 0 Å². The molecular weight excluding hydrogens is 246 g/mol. The summed E-state index contributed by atoms with van der Waals surface area (Å²) in [4.78, 5) is 3.24. The summed E-state index contributed by atoms with van der Waals surface area (Å²) in [5.41, 5.74) is 0. The van der Waals surface area contributed by atoms with E-state index in [1.807, 2.05) is 24.3 Å². The van der Waals surface area contributed by atoms with Crippen LogP contribution in [-0.2, 0) is 0 Å². The monoisotopic (exact) mass is 252 g/mol. The van der Waals surface area contributed by atoms with Gasteiger partial charge in [0, 0.05) is 14.7 Å². The van der Waals surface area contributed by atoms with Gasteiger partial charge in [-0.3, -0.25) is 0 Å². The van der Waals surface area contributed by atoms with E-state index in [1.54, 1.807) is 6.07 Å². The van der Waals surface area contributed by atoms with Gasteiger partial charge in [0.25, 0.3) is 0 Å². The molecule has 1 aliphatic rings. The number of hydrogen-bond donors (Lipinski definition) is 0. The standard InChI is InChI=1S/C12H6F2S2/c13-7-5-6-10-12(11(7)14)16-9-4-2-1-3-8(9)15-10/h1-6H. The van der Waals surface area contributed by atoms with Gasteiger partial charge in [-0.2, -0.15) is 0 Å². The topological polar surface area (TPSA) is 0 Å². The molecule has 0 nitrogen and oxygen atoms in total. The molecule has 0 amide bonds. The first-order valence-electron chi connectivity index (χ1n) is 4.68. The van der Waals surface area contributed by atoms with Crippen LogP contribution in [0.1, 0.15) is 0 Å². The molecule has 1 aliphatic heterocycles. The summed E-state index contributed by atoms with van der Waals surface area (Å²) < 4.78 is 26.7. The highest BCUT2D eigenvalue weighted by Crippen LogP contribution is 2.49. The molecule has 3 rings (SSSR count). The van der Waals surface area contributed by atoms with Crippen LogP contribution in [0.3, 0.4) is 0 Å². The van der Waals surface area contributed by atoms with Crippen molar-refractivity contribution in [1.29, 1.82) is 0 Å². The summed E-state index contributed by atoms with van der Waals surface area (Å²) >= 11 is 2.77. The van der Waals surface area contributed by atoms with E-state index in [9.17, 15) is 8.78 Å². The Labute approximate surface area is 100 Å². The lowest BCUT2D eigenvalue weighted by atomic mass is 10.3. The van der Waals surface area contributed by atoms with Crippen LogP contribution in [0.15, 0.2) is 56.0 Å². The van der Waals surface area contributed by atoms with Crippen molar-refractivity contribution in [1.82, 2.24) is 0 Å². The molecule has 0 saturated carbocycles. The van der Waals surface area contributed by atoms with Crippen LogP contribution < -0.4 is 0 Å². The number of halogens is 2. The largest absolute Gasteiger partial charge is 0.204 e. The molecule has 16 heavy (non-hydrogen) atoms. The Morgan fingerprint density at radius 3 is 2.19 bits per heavy atom. The Morgan fingerprint density at radius 1 is 0.750 bits per heavy atom. The quantitative estimate of drug-likeness (QED) is 0.574. The second kappa shape index (κ2) is 3.79. The van der Waals surface area contributed by atoms with Crippen molar-refractivity contribution in [3.8, 4) is 0 Å². The Bertz CT molecular complexity index is 567. The molecule has 1 heterocycles. The maximum Gasteiger partial charge on any atom is 0.173 e. The molecule has 80 valence electrons. The fraction of sp³-hybridized carbons (Fsp3) is 0. The molecule has 0 N–H and O–H groups in total. The van der Waals surface area contributed by atoms with Crippen LogP contribution in [0.2, 0.25) is 0 Å². The van der Waals surface area contributed by atoms with E-state index in [-0.39, 0.29) is 0 Å². The zero-order chi connectivity index (χ0) is 11.1. The van der Waals surface area contributed by atoms with E-state index in [2.05, 4.69) is 0 Å². The molecule has 0 aromatic heterocycles. The van der Waals surface area contributed by atoms with Crippen LogP contribution in [-0.4, -0.2) is 0 Å². The summed E-state index contributed by atoms with van der Waals surface area (Å²) in [5.74, 6) is -1.53. The minimum atomic E-state index is -0.786. The van der Waals surface area contributed by atoms with Crippen molar-refractivity contribution in [2.45, 2.75) is 19.6 Å². The summed E-state index contributed by atoms with van der Waals surface area (Å²) in [7, 11) is 0. The first-order chi connectivity index (χ1) is 7.75. The van der Waals surface area contributed by atoms with Crippen molar-refractivity contribution in [3.05, 3.63) is 48.0 Å². The summed E-state index contributed by atoms with van der Waals surface area (Å²) in [6.07, 6.45) is 0. The number of hydrogen-bond acceptors (Lipinski definition) is 2. The molecule has 0 atom stereocenters. The van der Waals surface area contributed by atoms with Gasteiger partial charge in [-0.05, 0) is 24.3 Å². The van der Waals surface area contributed by atoms with Crippen LogP contribution in [0.4, 0.5) is 8.78 Å². The third-order valence-corrected chi connectivity index (χ3v) is 4.87. The summed E-state index contributed by atoms with van der Waals surface area (Å²) in [5, 5.41) is 0. The van der Waals surface area contributed by atoms with E-state index in [0.717, 1.165) is 14.7 Å². The fourth-order valence-electron chi connectivity index (χ4n) is 1.54. The first-order valence-corrected chi connectivity index (χ1v) is 6.32. The predicted octanol–water partition coefficient (Wildman–Crippen LogP) is 4.58. The SMILES string of the molecule is Fc1ccc2c(c1F)Sc1ccccc1S2. The predicted molar refractivity (Wildman–Crippen MR) is 61.0 cm³/mol. The van der Waals surface area contributed by atoms with Crippen molar-refractivity contribution in [2.75, 3.05) is 0 Å². The molecular formula is C12H6F2S2. The van der Waals surface area contributed by atoms with Crippen molar-refractivity contribution in [2.24, 2.45) is 0 Å². The lowest BCUT2D eigenvalue weighted by molar-refractivity contribution is 0.486. The van der Waals surface area contributed by atoms with Gasteiger partial charge in [0.05, 0.1) is 4.90 Å². The first kappa shape index (κ1) is 10.2. The molecule has 0 unspecified atom stereocenters. The van der Waals surface area contributed by atoms with Gasteiger partial charge < -0.3 is 0 Å². The Balaban J connectivity index is 2.16. The van der Waals surface area contributed by atoms with Crippen LogP contribution in [0, 0.1) is 11.6 Å². The molecule has 2 aromatic rings. The number of benzene rings is 2. The van der Waals surface area contributed by atoms with Crippen molar-refractivity contribution < 1.29 is 8.78 Å². The molecule has 0 bridgehead atoms. The van der Waals surface area contributed by atoms with Gasteiger partial charge in [-0.1, -0.05) is 35.7 Å². The average molecular weight is 252 g/mol. The van der Waals surface area contributed by atoms with Gasteiger partial charge in [-0.25, -0.2) is 8.78 Å². The Morgan fingerprint density at radius 2 is 1.44 bits per heavy atom. The molecule has 0 radical (unpaired) electrons. The molecule has 0 fully saturated rings. The summed E-state index contributed by atoms with van der Waals surface area (Å²) in [6, 6.07) is 10.5. The molecule has 0 saturated heterocycles. The highest BCUT2D eigenvalue weighted by molar-refractivity contribution is 8.05. The fourth-order valence-corrected chi connectivity index (χ4v) is 3.80. The summed E-state index contributed by atoms with van der Waals surface area (Å²) in [6.45, 7) is 0. The van der Waals surface area contributed by atoms with Crippen LogP contribution in [0.5, 0.6) is 0 Å². The normalized spacial score (nSPS) is 13.1. The lowest BCUT2D eigenvalue weighted by Gasteiger charge is -2.18. The Kier molecular flexibility index (Phi) is 2.41.